The lowest BCUT2D eigenvalue weighted by molar-refractivity contribution is 0.0607. The van der Waals surface area contributed by atoms with Crippen LogP contribution in [0.1, 0.15) is 9.67 Å². The first kappa shape index (κ1) is 10.9. The number of thiazole rings is 1. The number of sulfonamides is 1. The Hall–Kier alpha value is -1.15. The summed E-state index contributed by atoms with van der Waals surface area (Å²) in [6.07, 6.45) is 0.980. The average Bonchev–Trinajstić information content (AvgIpc) is 2.48. The molecule has 0 amide bonds. The third kappa shape index (κ3) is 2.67. The molecule has 1 aromatic rings. The Kier molecular flexibility index (Phi) is 3.06. The first-order chi connectivity index (χ1) is 6.44. The highest BCUT2D eigenvalue weighted by atomic mass is 32.2. The number of aromatic nitrogens is 1. The van der Waals surface area contributed by atoms with E-state index in [0.29, 0.717) is 0 Å². The molecule has 0 aliphatic heterocycles. The third-order valence-corrected chi connectivity index (χ3v) is 2.59. The Bertz CT molecular complexity index is 436. The Balaban J connectivity index is 3.00. The van der Waals surface area contributed by atoms with Crippen LogP contribution in [0.15, 0.2) is 5.51 Å². The smallest absolute Gasteiger partial charge is 0.351 e. The topological polar surface area (TPSA) is 85.4 Å². The number of methoxy groups -OCH3 is 1. The summed E-state index contributed by atoms with van der Waals surface area (Å²) in [5, 5.41) is 0. The summed E-state index contributed by atoms with van der Waals surface area (Å²) in [5.74, 6) is -0.608. The van der Waals surface area contributed by atoms with Gasteiger partial charge < -0.3 is 4.74 Å². The number of ether oxygens (including phenoxy) is 1. The molecule has 0 saturated carbocycles. The van der Waals surface area contributed by atoms with Crippen LogP contribution in [0.4, 0.5) is 5.82 Å². The molecular formula is C6H8N2O4S2. The van der Waals surface area contributed by atoms with E-state index in [2.05, 4.69) is 14.4 Å². The normalized spacial score (nSPS) is 11.0. The standard InChI is InChI=1S/C6H8N2O4S2/c1-12-6(9)4-5(7-3-13-4)8-14(2,10)11/h3,8H,1-2H3. The summed E-state index contributed by atoms with van der Waals surface area (Å²) in [5.41, 5.74) is 1.36. The maximum absolute atomic E-state index is 11.1. The molecule has 0 bridgehead atoms. The summed E-state index contributed by atoms with van der Waals surface area (Å²) in [6, 6.07) is 0. The van der Waals surface area contributed by atoms with E-state index in [-0.39, 0.29) is 10.7 Å². The SMILES string of the molecule is COC(=O)c1scnc1NS(C)(=O)=O. The molecule has 0 fully saturated rings. The van der Waals surface area contributed by atoms with E-state index in [0.717, 1.165) is 17.6 Å². The number of hydrogen-bond donors (Lipinski definition) is 1. The molecule has 0 unspecified atom stereocenters. The van der Waals surface area contributed by atoms with E-state index in [1.807, 2.05) is 0 Å². The summed E-state index contributed by atoms with van der Waals surface area (Å²) in [6.45, 7) is 0. The van der Waals surface area contributed by atoms with E-state index in [9.17, 15) is 13.2 Å². The van der Waals surface area contributed by atoms with Crippen LogP contribution in [0.3, 0.4) is 0 Å². The molecule has 1 heterocycles. The molecule has 1 aromatic heterocycles. The van der Waals surface area contributed by atoms with Gasteiger partial charge in [-0.3, -0.25) is 4.72 Å². The van der Waals surface area contributed by atoms with Crippen LogP contribution in [0.2, 0.25) is 0 Å². The molecule has 14 heavy (non-hydrogen) atoms. The average molecular weight is 236 g/mol. The fraction of sp³-hybridized carbons (Fsp3) is 0.333. The van der Waals surface area contributed by atoms with Gasteiger partial charge in [-0.25, -0.2) is 18.2 Å². The summed E-state index contributed by atoms with van der Waals surface area (Å²) in [7, 11) is -2.21. The van der Waals surface area contributed by atoms with Crippen LogP contribution >= 0.6 is 11.3 Å². The maximum Gasteiger partial charge on any atom is 0.351 e. The largest absolute Gasteiger partial charge is 0.465 e. The fourth-order valence-electron chi connectivity index (χ4n) is 0.732. The zero-order valence-electron chi connectivity index (χ0n) is 7.47. The number of anilines is 1. The molecule has 0 spiro atoms. The molecular weight excluding hydrogens is 228 g/mol. The monoisotopic (exact) mass is 236 g/mol. The molecule has 6 nitrogen and oxygen atoms in total. The minimum absolute atomic E-state index is 0.00403. The summed E-state index contributed by atoms with van der Waals surface area (Å²) < 4.78 is 28.3. The van der Waals surface area contributed by atoms with E-state index in [1.165, 1.54) is 12.6 Å². The second-order valence-corrected chi connectivity index (χ2v) is 5.00. The Morgan fingerprint density at radius 3 is 2.79 bits per heavy atom. The van der Waals surface area contributed by atoms with E-state index < -0.39 is 16.0 Å². The molecule has 1 rings (SSSR count). The van der Waals surface area contributed by atoms with Gasteiger partial charge in [-0.15, -0.1) is 11.3 Å². The van der Waals surface area contributed by atoms with E-state index in [1.54, 1.807) is 0 Å². The van der Waals surface area contributed by atoms with Gasteiger partial charge >= 0.3 is 5.97 Å². The number of rotatable bonds is 3. The predicted octanol–water partition coefficient (Wildman–Crippen LogP) is 0.301. The third-order valence-electron chi connectivity index (χ3n) is 1.22. The number of nitrogens with one attached hydrogen (secondary N) is 1. The highest BCUT2D eigenvalue weighted by Crippen LogP contribution is 2.20. The van der Waals surface area contributed by atoms with E-state index >= 15 is 0 Å². The number of carbonyl (C=O) groups is 1. The number of carbonyl (C=O) groups excluding carboxylic acids is 1. The van der Waals surface area contributed by atoms with Crippen molar-refractivity contribution in [2.24, 2.45) is 0 Å². The zero-order chi connectivity index (χ0) is 10.8. The maximum atomic E-state index is 11.1. The van der Waals surface area contributed by atoms with Crippen molar-refractivity contribution in [1.29, 1.82) is 0 Å². The molecule has 0 aromatic carbocycles. The van der Waals surface area contributed by atoms with Gasteiger partial charge in [0, 0.05) is 0 Å². The highest BCUT2D eigenvalue weighted by Gasteiger charge is 2.17. The molecule has 78 valence electrons. The van der Waals surface area contributed by atoms with Crippen molar-refractivity contribution in [1.82, 2.24) is 4.98 Å². The lowest BCUT2D eigenvalue weighted by Gasteiger charge is -2.01. The first-order valence-corrected chi connectivity index (χ1v) is 6.20. The molecule has 8 heteroatoms. The Labute approximate surface area is 85.0 Å². The number of hydrogen-bond acceptors (Lipinski definition) is 6. The van der Waals surface area contributed by atoms with Crippen LogP contribution in [0, 0.1) is 0 Å². The van der Waals surface area contributed by atoms with Gasteiger partial charge in [0.05, 0.1) is 18.9 Å². The highest BCUT2D eigenvalue weighted by molar-refractivity contribution is 7.92. The molecule has 0 atom stereocenters. The van der Waals surface area contributed by atoms with Gasteiger partial charge in [-0.2, -0.15) is 0 Å². The second kappa shape index (κ2) is 3.93. The minimum atomic E-state index is -3.42. The molecule has 0 aliphatic carbocycles. The lowest BCUT2D eigenvalue weighted by Crippen LogP contribution is -2.13. The van der Waals surface area contributed by atoms with Gasteiger partial charge in [0.15, 0.2) is 10.7 Å². The summed E-state index contributed by atoms with van der Waals surface area (Å²) >= 11 is 1.01. The van der Waals surface area contributed by atoms with Crippen molar-refractivity contribution in [3.8, 4) is 0 Å². The first-order valence-electron chi connectivity index (χ1n) is 3.43. The molecule has 0 saturated heterocycles. The Morgan fingerprint density at radius 2 is 2.29 bits per heavy atom. The van der Waals surface area contributed by atoms with Crippen molar-refractivity contribution < 1.29 is 17.9 Å². The van der Waals surface area contributed by atoms with Crippen LogP contribution in [0.5, 0.6) is 0 Å². The van der Waals surface area contributed by atoms with Crippen LogP contribution in [-0.4, -0.2) is 32.7 Å². The van der Waals surface area contributed by atoms with Gasteiger partial charge in [-0.05, 0) is 0 Å². The molecule has 0 radical (unpaired) electrons. The van der Waals surface area contributed by atoms with Crippen molar-refractivity contribution in [3.63, 3.8) is 0 Å². The lowest BCUT2D eigenvalue weighted by atomic mass is 10.5. The van der Waals surface area contributed by atoms with Crippen molar-refractivity contribution in [2.75, 3.05) is 18.1 Å². The Morgan fingerprint density at radius 1 is 1.64 bits per heavy atom. The van der Waals surface area contributed by atoms with Crippen molar-refractivity contribution in [2.45, 2.75) is 0 Å². The van der Waals surface area contributed by atoms with Crippen LogP contribution < -0.4 is 4.72 Å². The van der Waals surface area contributed by atoms with Gasteiger partial charge in [-0.1, -0.05) is 0 Å². The number of nitrogens with zero attached hydrogens (tertiary/aromatic N) is 1. The zero-order valence-corrected chi connectivity index (χ0v) is 9.11. The van der Waals surface area contributed by atoms with Crippen LogP contribution in [0.25, 0.3) is 0 Å². The molecule has 0 aliphatic rings. The van der Waals surface area contributed by atoms with Gasteiger partial charge in [0.1, 0.15) is 0 Å². The van der Waals surface area contributed by atoms with Gasteiger partial charge in [0.2, 0.25) is 10.0 Å². The van der Waals surface area contributed by atoms with Gasteiger partial charge in [0.25, 0.3) is 0 Å². The fourth-order valence-corrected chi connectivity index (χ4v) is 1.96. The summed E-state index contributed by atoms with van der Waals surface area (Å²) in [4.78, 5) is 14.9. The van der Waals surface area contributed by atoms with Crippen molar-refractivity contribution >= 4 is 33.1 Å². The van der Waals surface area contributed by atoms with Crippen LogP contribution in [-0.2, 0) is 14.8 Å². The predicted molar refractivity (Wildman–Crippen MR) is 51.9 cm³/mol. The second-order valence-electron chi connectivity index (χ2n) is 2.40. The minimum Gasteiger partial charge on any atom is -0.465 e. The number of esters is 1. The van der Waals surface area contributed by atoms with E-state index in [4.69, 9.17) is 0 Å². The molecule has 1 N–H and O–H groups in total. The van der Waals surface area contributed by atoms with Crippen molar-refractivity contribution in [3.05, 3.63) is 10.4 Å². The quantitative estimate of drug-likeness (QED) is 0.763.